The number of imide groups is 1. The first-order valence-corrected chi connectivity index (χ1v) is 7.21. The van der Waals surface area contributed by atoms with Gasteiger partial charge in [0.15, 0.2) is 0 Å². The Bertz CT molecular complexity index is 364. The summed E-state index contributed by atoms with van der Waals surface area (Å²) < 4.78 is 0. The van der Waals surface area contributed by atoms with E-state index in [0.29, 0.717) is 6.54 Å². The molecule has 0 fully saturated rings. The maximum Gasteiger partial charge on any atom is 0.321 e. The van der Waals surface area contributed by atoms with Gasteiger partial charge in [0.2, 0.25) is 5.91 Å². The predicted octanol–water partition coefficient (Wildman–Crippen LogP) is 1.19. The summed E-state index contributed by atoms with van der Waals surface area (Å²) in [5, 5.41) is 13.6. The van der Waals surface area contributed by atoms with Crippen molar-refractivity contribution in [1.29, 1.82) is 0 Å². The molecule has 122 valence electrons. The van der Waals surface area contributed by atoms with Gasteiger partial charge in [-0.3, -0.25) is 19.8 Å². The molecule has 7 nitrogen and oxygen atoms in total. The molecule has 7 heteroatoms. The van der Waals surface area contributed by atoms with E-state index in [1.807, 2.05) is 27.7 Å². The Morgan fingerprint density at radius 2 is 1.81 bits per heavy atom. The Morgan fingerprint density at radius 1 is 1.19 bits per heavy atom. The van der Waals surface area contributed by atoms with E-state index in [4.69, 9.17) is 5.11 Å². The fraction of sp³-hybridized carbons (Fsp3) is 0.786. The maximum absolute atomic E-state index is 11.8. The van der Waals surface area contributed by atoms with Crippen LogP contribution < -0.4 is 10.6 Å². The molecule has 0 unspecified atom stereocenters. The lowest BCUT2D eigenvalue weighted by molar-refractivity contribution is -0.138. The van der Waals surface area contributed by atoms with E-state index in [9.17, 15) is 14.4 Å². The van der Waals surface area contributed by atoms with E-state index in [1.54, 1.807) is 4.90 Å². The van der Waals surface area contributed by atoms with E-state index in [-0.39, 0.29) is 25.0 Å². The van der Waals surface area contributed by atoms with Gasteiger partial charge < -0.3 is 10.4 Å². The summed E-state index contributed by atoms with van der Waals surface area (Å²) in [7, 11) is 0. The molecule has 0 heterocycles. The average molecular weight is 301 g/mol. The van der Waals surface area contributed by atoms with E-state index >= 15 is 0 Å². The van der Waals surface area contributed by atoms with Crippen LogP contribution >= 0.6 is 0 Å². The Hall–Kier alpha value is -1.63. The number of carboxylic acid groups (broad SMARTS) is 1. The van der Waals surface area contributed by atoms with Crippen LogP contribution in [0.15, 0.2) is 0 Å². The van der Waals surface area contributed by atoms with Crippen molar-refractivity contribution in [2.24, 2.45) is 0 Å². The third-order valence-corrected chi connectivity index (χ3v) is 2.95. The van der Waals surface area contributed by atoms with Gasteiger partial charge in [-0.25, -0.2) is 4.79 Å². The summed E-state index contributed by atoms with van der Waals surface area (Å²) in [5.41, 5.74) is -0.356. The minimum Gasteiger partial charge on any atom is -0.481 e. The standard InChI is InChI=1S/C14H27N3O4/c1-5-6-8-15-13(21)16-11(18)10-17(14(2,3)4)9-7-12(19)20/h5-10H2,1-4H3,(H,19,20)(H2,15,16,18,21). The molecule has 0 bridgehead atoms. The van der Waals surface area contributed by atoms with Crippen LogP contribution in [0.2, 0.25) is 0 Å². The van der Waals surface area contributed by atoms with Crippen molar-refractivity contribution in [3.8, 4) is 0 Å². The molecule has 0 aliphatic heterocycles. The maximum atomic E-state index is 11.8. The zero-order chi connectivity index (χ0) is 16.5. The van der Waals surface area contributed by atoms with Crippen molar-refractivity contribution in [2.45, 2.75) is 52.5 Å². The second-order valence-corrected chi connectivity index (χ2v) is 5.89. The molecule has 0 radical (unpaired) electrons. The normalized spacial score (nSPS) is 11.3. The molecule has 0 saturated carbocycles. The monoisotopic (exact) mass is 301 g/mol. The van der Waals surface area contributed by atoms with Gasteiger partial charge in [0.25, 0.3) is 0 Å². The van der Waals surface area contributed by atoms with Crippen LogP contribution in [0.5, 0.6) is 0 Å². The number of nitrogens with one attached hydrogen (secondary N) is 2. The van der Waals surface area contributed by atoms with E-state index < -0.39 is 17.9 Å². The van der Waals surface area contributed by atoms with E-state index in [1.165, 1.54) is 0 Å². The Balaban J connectivity index is 4.33. The van der Waals surface area contributed by atoms with Gasteiger partial charge in [-0.1, -0.05) is 13.3 Å². The zero-order valence-corrected chi connectivity index (χ0v) is 13.4. The van der Waals surface area contributed by atoms with Crippen molar-refractivity contribution in [3.63, 3.8) is 0 Å². The second-order valence-electron chi connectivity index (χ2n) is 5.89. The molecule has 0 aromatic heterocycles. The number of hydrogen-bond donors (Lipinski definition) is 3. The molecule has 0 aromatic carbocycles. The fourth-order valence-corrected chi connectivity index (χ4v) is 1.64. The van der Waals surface area contributed by atoms with E-state index in [0.717, 1.165) is 12.8 Å². The molecule has 21 heavy (non-hydrogen) atoms. The molecular formula is C14H27N3O4. The average Bonchev–Trinajstić information content (AvgIpc) is 2.33. The molecule has 0 saturated heterocycles. The van der Waals surface area contributed by atoms with Crippen LogP contribution in [0.25, 0.3) is 0 Å². The number of nitrogens with zero attached hydrogens (tertiary/aromatic N) is 1. The van der Waals surface area contributed by atoms with Crippen LogP contribution in [-0.2, 0) is 9.59 Å². The highest BCUT2D eigenvalue weighted by Crippen LogP contribution is 2.13. The first-order chi connectivity index (χ1) is 9.66. The van der Waals surface area contributed by atoms with E-state index in [2.05, 4.69) is 10.6 Å². The second kappa shape index (κ2) is 9.33. The zero-order valence-electron chi connectivity index (χ0n) is 13.4. The third-order valence-electron chi connectivity index (χ3n) is 2.95. The van der Waals surface area contributed by atoms with Gasteiger partial charge in [-0.05, 0) is 27.2 Å². The number of amides is 3. The molecule has 3 amide bonds. The van der Waals surface area contributed by atoms with Gasteiger partial charge in [-0.2, -0.15) is 0 Å². The predicted molar refractivity (Wildman–Crippen MR) is 80.0 cm³/mol. The van der Waals surface area contributed by atoms with Crippen LogP contribution in [0.4, 0.5) is 4.79 Å². The molecule has 0 spiro atoms. The first-order valence-electron chi connectivity index (χ1n) is 7.21. The highest BCUT2D eigenvalue weighted by Gasteiger charge is 2.24. The van der Waals surface area contributed by atoms with Gasteiger partial charge in [0.05, 0.1) is 13.0 Å². The quantitative estimate of drug-likeness (QED) is 0.585. The van der Waals surface area contributed by atoms with Gasteiger partial charge >= 0.3 is 12.0 Å². The smallest absolute Gasteiger partial charge is 0.321 e. The lowest BCUT2D eigenvalue weighted by atomic mass is 10.1. The molecule has 0 rings (SSSR count). The van der Waals surface area contributed by atoms with Crippen LogP contribution in [0.3, 0.4) is 0 Å². The summed E-state index contributed by atoms with van der Waals surface area (Å²) >= 11 is 0. The minimum atomic E-state index is -0.915. The number of rotatable bonds is 8. The number of carboxylic acids is 1. The molecule has 0 aromatic rings. The van der Waals surface area contributed by atoms with Crippen molar-refractivity contribution >= 4 is 17.9 Å². The summed E-state index contributed by atoms with van der Waals surface area (Å²) in [6.45, 7) is 8.45. The van der Waals surface area contributed by atoms with Crippen molar-refractivity contribution in [2.75, 3.05) is 19.6 Å². The number of hydrogen-bond acceptors (Lipinski definition) is 4. The minimum absolute atomic E-state index is 0.0159. The highest BCUT2D eigenvalue weighted by molar-refractivity contribution is 5.95. The number of carbonyl (C=O) groups excluding carboxylic acids is 2. The molecule has 0 aliphatic rings. The van der Waals surface area contributed by atoms with Crippen molar-refractivity contribution in [1.82, 2.24) is 15.5 Å². The summed E-state index contributed by atoms with van der Waals surface area (Å²) in [6, 6.07) is -0.513. The highest BCUT2D eigenvalue weighted by atomic mass is 16.4. The molecule has 0 atom stereocenters. The van der Waals surface area contributed by atoms with Crippen LogP contribution in [0, 0.1) is 0 Å². The van der Waals surface area contributed by atoms with Gasteiger partial charge in [-0.15, -0.1) is 0 Å². The summed E-state index contributed by atoms with van der Waals surface area (Å²) in [5.74, 6) is -1.36. The molecule has 3 N–H and O–H groups in total. The van der Waals surface area contributed by atoms with Crippen molar-refractivity contribution in [3.05, 3.63) is 0 Å². The Kier molecular flexibility index (Phi) is 8.61. The third kappa shape index (κ3) is 9.84. The number of unbranched alkanes of at least 4 members (excludes halogenated alkanes) is 1. The number of carbonyl (C=O) groups is 3. The topological polar surface area (TPSA) is 98.7 Å². The van der Waals surface area contributed by atoms with Crippen LogP contribution in [-0.4, -0.2) is 53.1 Å². The number of urea groups is 1. The lowest BCUT2D eigenvalue weighted by Crippen LogP contribution is -2.50. The largest absolute Gasteiger partial charge is 0.481 e. The lowest BCUT2D eigenvalue weighted by Gasteiger charge is -2.34. The fourth-order valence-electron chi connectivity index (χ4n) is 1.64. The first kappa shape index (κ1) is 19.4. The SMILES string of the molecule is CCCCNC(=O)NC(=O)CN(CCC(=O)O)C(C)(C)C. The van der Waals surface area contributed by atoms with Gasteiger partial charge in [0, 0.05) is 18.6 Å². The van der Waals surface area contributed by atoms with Gasteiger partial charge in [0.1, 0.15) is 0 Å². The van der Waals surface area contributed by atoms with Crippen LogP contribution in [0.1, 0.15) is 47.0 Å². The Morgan fingerprint density at radius 3 is 2.29 bits per heavy atom. The Labute approximate surface area is 126 Å². The molecule has 0 aliphatic carbocycles. The summed E-state index contributed by atoms with van der Waals surface area (Å²) in [4.78, 5) is 35.7. The molecular weight excluding hydrogens is 274 g/mol. The summed E-state index contributed by atoms with van der Waals surface area (Å²) in [6.07, 6.45) is 1.77. The van der Waals surface area contributed by atoms with Crippen molar-refractivity contribution < 1.29 is 19.5 Å². The number of aliphatic carboxylic acids is 1.